The van der Waals surface area contributed by atoms with Gasteiger partial charge in [0, 0.05) is 5.25 Å². The van der Waals surface area contributed by atoms with Crippen molar-refractivity contribution in [2.24, 2.45) is 0 Å². The Labute approximate surface area is 218 Å². The van der Waals surface area contributed by atoms with Crippen LogP contribution in [0.25, 0.3) is 0 Å². The SMILES string of the molecule is CCCCCCCCCC(O)CCCCCCCCCCC(C)S(=O)(=O)[O-].[K+]. The van der Waals surface area contributed by atoms with E-state index in [1.807, 2.05) is 0 Å². The van der Waals surface area contributed by atoms with Gasteiger partial charge in [-0.15, -0.1) is 0 Å². The van der Waals surface area contributed by atoms with Gasteiger partial charge in [-0.1, -0.05) is 103 Å². The molecule has 2 atom stereocenters. The molecule has 1 N–H and O–H groups in total. The molecule has 0 bridgehead atoms. The summed E-state index contributed by atoms with van der Waals surface area (Å²) in [6.07, 6.45) is 20.3. The van der Waals surface area contributed by atoms with Crippen molar-refractivity contribution in [3.05, 3.63) is 0 Å². The maximum Gasteiger partial charge on any atom is 1.00 e. The Morgan fingerprint density at radius 2 is 1.00 bits per heavy atom. The minimum absolute atomic E-state index is 0. The minimum Gasteiger partial charge on any atom is -0.748 e. The third kappa shape index (κ3) is 22.2. The molecule has 28 heavy (non-hydrogen) atoms. The van der Waals surface area contributed by atoms with E-state index < -0.39 is 15.4 Å². The zero-order valence-electron chi connectivity index (χ0n) is 19.0. The summed E-state index contributed by atoms with van der Waals surface area (Å²) in [4.78, 5) is 0. The van der Waals surface area contributed by atoms with E-state index in [1.54, 1.807) is 0 Å². The first-order valence-corrected chi connectivity index (χ1v) is 13.0. The van der Waals surface area contributed by atoms with E-state index in [0.717, 1.165) is 38.5 Å². The van der Waals surface area contributed by atoms with E-state index in [0.29, 0.717) is 6.42 Å². The predicted octanol–water partition coefficient (Wildman–Crippen LogP) is 3.33. The van der Waals surface area contributed by atoms with Gasteiger partial charge in [0.25, 0.3) is 0 Å². The Morgan fingerprint density at radius 3 is 1.36 bits per heavy atom. The molecule has 0 spiro atoms. The Hall–Kier alpha value is 1.51. The fourth-order valence-electron chi connectivity index (χ4n) is 3.50. The molecule has 164 valence electrons. The van der Waals surface area contributed by atoms with Gasteiger partial charge in [0.15, 0.2) is 0 Å². The van der Waals surface area contributed by atoms with Crippen LogP contribution in [0.15, 0.2) is 0 Å². The van der Waals surface area contributed by atoms with Gasteiger partial charge < -0.3 is 9.66 Å². The summed E-state index contributed by atoms with van der Waals surface area (Å²) in [5, 5.41) is 9.28. The Morgan fingerprint density at radius 1 is 0.679 bits per heavy atom. The summed E-state index contributed by atoms with van der Waals surface area (Å²) in [6, 6.07) is 0. The third-order valence-corrected chi connectivity index (χ3v) is 6.75. The first-order chi connectivity index (χ1) is 12.9. The monoisotopic (exact) mass is 444 g/mol. The normalized spacial score (nSPS) is 13.9. The standard InChI is InChI=1S/C22H46O4S.K/c1-3-4-5-6-9-13-16-19-22(23)20-17-14-11-8-7-10-12-15-18-21(2)27(24,25)26;/h21-23H,3-20H2,1-2H3,(H,24,25,26);/q;+1/p-1. The van der Waals surface area contributed by atoms with Gasteiger partial charge >= 0.3 is 51.4 Å². The molecule has 0 saturated heterocycles. The van der Waals surface area contributed by atoms with Crippen molar-refractivity contribution in [2.45, 2.75) is 141 Å². The molecule has 0 aromatic carbocycles. The maximum atomic E-state index is 10.8. The first kappa shape index (κ1) is 31.7. The number of unbranched alkanes of at least 4 members (excludes halogenated alkanes) is 13. The van der Waals surface area contributed by atoms with Crippen LogP contribution in [0.1, 0.15) is 129 Å². The quantitative estimate of drug-likeness (QED) is 0.177. The molecule has 0 aliphatic carbocycles. The molecular formula is C22H45KO4S. The van der Waals surface area contributed by atoms with Crippen LogP contribution in [-0.4, -0.2) is 29.4 Å². The van der Waals surface area contributed by atoms with Crippen LogP contribution in [-0.2, 0) is 10.1 Å². The van der Waals surface area contributed by atoms with Crippen LogP contribution in [0.5, 0.6) is 0 Å². The molecule has 0 heterocycles. The number of hydrogen-bond donors (Lipinski definition) is 1. The van der Waals surface area contributed by atoms with Crippen LogP contribution >= 0.6 is 0 Å². The summed E-state index contributed by atoms with van der Waals surface area (Å²) in [6.45, 7) is 3.75. The molecule has 0 aromatic rings. The maximum absolute atomic E-state index is 10.8. The summed E-state index contributed by atoms with van der Waals surface area (Å²) >= 11 is 0. The van der Waals surface area contributed by atoms with Crippen molar-refractivity contribution in [1.29, 1.82) is 0 Å². The summed E-state index contributed by atoms with van der Waals surface area (Å²) in [5.41, 5.74) is 0. The molecule has 0 saturated carbocycles. The van der Waals surface area contributed by atoms with E-state index >= 15 is 0 Å². The topological polar surface area (TPSA) is 77.4 Å². The van der Waals surface area contributed by atoms with Gasteiger partial charge in [-0.2, -0.15) is 0 Å². The molecule has 0 fully saturated rings. The molecule has 0 amide bonds. The molecule has 0 aliphatic heterocycles. The second-order valence-electron chi connectivity index (χ2n) is 8.27. The van der Waals surface area contributed by atoms with Crippen LogP contribution < -0.4 is 51.4 Å². The average molecular weight is 445 g/mol. The van der Waals surface area contributed by atoms with E-state index in [9.17, 15) is 18.1 Å². The van der Waals surface area contributed by atoms with Gasteiger partial charge in [0.05, 0.1) is 16.2 Å². The third-order valence-electron chi connectivity index (χ3n) is 5.53. The molecule has 6 heteroatoms. The smallest absolute Gasteiger partial charge is 0.748 e. The first-order valence-electron chi connectivity index (χ1n) is 11.5. The van der Waals surface area contributed by atoms with Gasteiger partial charge in [0.1, 0.15) is 0 Å². The van der Waals surface area contributed by atoms with Crippen molar-refractivity contribution >= 4 is 10.1 Å². The van der Waals surface area contributed by atoms with Gasteiger partial charge in [0.2, 0.25) is 0 Å². The zero-order chi connectivity index (χ0) is 20.4. The van der Waals surface area contributed by atoms with Crippen molar-refractivity contribution in [1.82, 2.24) is 0 Å². The van der Waals surface area contributed by atoms with Crippen LogP contribution in [0.2, 0.25) is 0 Å². The molecular weight excluding hydrogens is 399 g/mol. The van der Waals surface area contributed by atoms with Crippen molar-refractivity contribution < 1.29 is 69.5 Å². The molecule has 0 rings (SSSR count). The number of rotatable bonds is 20. The fraction of sp³-hybridized carbons (Fsp3) is 1.00. The van der Waals surface area contributed by atoms with E-state index in [2.05, 4.69) is 6.92 Å². The summed E-state index contributed by atoms with van der Waals surface area (Å²) in [7, 11) is -4.10. The second-order valence-corrected chi connectivity index (χ2v) is 10.1. The van der Waals surface area contributed by atoms with E-state index in [-0.39, 0.29) is 57.5 Å². The van der Waals surface area contributed by atoms with Crippen molar-refractivity contribution in [2.75, 3.05) is 0 Å². The minimum atomic E-state index is -4.10. The number of aliphatic hydroxyl groups is 1. The summed E-state index contributed by atoms with van der Waals surface area (Å²) < 4.78 is 32.4. The summed E-state index contributed by atoms with van der Waals surface area (Å²) in [5.74, 6) is 0. The molecule has 4 nitrogen and oxygen atoms in total. The zero-order valence-corrected chi connectivity index (χ0v) is 22.9. The van der Waals surface area contributed by atoms with E-state index in [4.69, 9.17) is 0 Å². The van der Waals surface area contributed by atoms with Crippen LogP contribution in [0.3, 0.4) is 0 Å². The molecule has 0 aromatic heterocycles. The van der Waals surface area contributed by atoms with E-state index in [1.165, 1.54) is 77.6 Å². The van der Waals surface area contributed by atoms with Crippen molar-refractivity contribution in [3.8, 4) is 0 Å². The fourth-order valence-corrected chi connectivity index (χ4v) is 3.95. The molecule has 0 aliphatic rings. The number of aliphatic hydroxyl groups excluding tert-OH is 1. The number of hydrogen-bond acceptors (Lipinski definition) is 4. The van der Waals surface area contributed by atoms with Gasteiger partial charge in [-0.05, 0) is 26.2 Å². The van der Waals surface area contributed by atoms with Crippen molar-refractivity contribution in [3.63, 3.8) is 0 Å². The van der Waals surface area contributed by atoms with Gasteiger partial charge in [-0.3, -0.25) is 0 Å². The predicted molar refractivity (Wildman–Crippen MR) is 114 cm³/mol. The average Bonchev–Trinajstić information content (AvgIpc) is 2.61. The second kappa shape index (κ2) is 21.7. The van der Waals surface area contributed by atoms with Crippen LogP contribution in [0.4, 0.5) is 0 Å². The largest absolute Gasteiger partial charge is 1.00 e. The Balaban J connectivity index is 0. The molecule has 2 unspecified atom stereocenters. The molecule has 0 radical (unpaired) electrons. The Kier molecular flexibility index (Phi) is 24.6. The van der Waals surface area contributed by atoms with Gasteiger partial charge in [-0.25, -0.2) is 8.42 Å². The Bertz CT molecular complexity index is 415. The van der Waals surface area contributed by atoms with Crippen LogP contribution in [0, 0.1) is 0 Å².